The van der Waals surface area contributed by atoms with Crippen LogP contribution in [0.4, 0.5) is 17.6 Å². The van der Waals surface area contributed by atoms with Crippen LogP contribution in [0, 0.1) is 78.7 Å². The highest BCUT2D eigenvalue weighted by Gasteiger charge is 2.33. The normalized spacial score (nSPS) is 14.5. The molecular formula is C44H47BF4N2. The first kappa shape index (κ1) is 37.6. The van der Waals surface area contributed by atoms with E-state index in [4.69, 9.17) is 4.99 Å². The van der Waals surface area contributed by atoms with Gasteiger partial charge in [0.05, 0.1) is 17.0 Å². The molecule has 3 aromatic carbocycles. The van der Waals surface area contributed by atoms with Crippen molar-refractivity contribution < 1.29 is 17.6 Å². The van der Waals surface area contributed by atoms with Crippen molar-refractivity contribution in [3.63, 3.8) is 0 Å². The maximum Gasteiger partial charge on any atom is 0.223 e. The van der Waals surface area contributed by atoms with E-state index in [0.29, 0.717) is 29.9 Å². The van der Waals surface area contributed by atoms with E-state index < -0.39 is 34.4 Å². The van der Waals surface area contributed by atoms with Crippen molar-refractivity contribution in [2.75, 3.05) is 0 Å². The van der Waals surface area contributed by atoms with Gasteiger partial charge >= 0.3 is 0 Å². The minimum absolute atomic E-state index is 0.0959. The number of hydrogen-bond acceptors (Lipinski definition) is 1. The highest BCUT2D eigenvalue weighted by Crippen LogP contribution is 2.43. The number of aromatic nitrogens is 1. The molecule has 0 atom stereocenters. The van der Waals surface area contributed by atoms with Crippen LogP contribution in [-0.4, -0.2) is 18.2 Å². The summed E-state index contributed by atoms with van der Waals surface area (Å²) >= 11 is 0. The van der Waals surface area contributed by atoms with Gasteiger partial charge in [-0.1, -0.05) is 61.4 Å². The summed E-state index contributed by atoms with van der Waals surface area (Å²) in [5.74, 6) is -5.96. The Kier molecular flexibility index (Phi) is 10.7. The Morgan fingerprint density at radius 2 is 1.16 bits per heavy atom. The van der Waals surface area contributed by atoms with E-state index >= 15 is 13.2 Å². The van der Waals surface area contributed by atoms with E-state index in [1.54, 1.807) is 0 Å². The van der Waals surface area contributed by atoms with Crippen LogP contribution in [0.1, 0.15) is 105 Å². The van der Waals surface area contributed by atoms with Gasteiger partial charge in [0.2, 0.25) is 7.98 Å². The monoisotopic (exact) mass is 690 g/mol. The molecule has 4 aromatic rings. The van der Waals surface area contributed by atoms with Crippen LogP contribution in [0.2, 0.25) is 0 Å². The van der Waals surface area contributed by atoms with Crippen LogP contribution in [0.15, 0.2) is 52.2 Å². The molecule has 0 amide bonds. The van der Waals surface area contributed by atoms with Gasteiger partial charge < -0.3 is 4.48 Å². The Morgan fingerprint density at radius 3 is 1.65 bits per heavy atom. The number of benzene rings is 3. The predicted octanol–water partition coefficient (Wildman–Crippen LogP) is 11.3. The number of rotatable bonds is 8. The third-order valence-corrected chi connectivity index (χ3v) is 10.4. The standard InChI is InChI=1S/C44H47BF4N2/c1-12-31-28(9)43(50-35(31)16-14-33-24(5)18-22(3)19-25(33)6)38(37-39(46)30(11)40(47)42(49)41(37)48)44-29(10)32(13-2)36(51(44)45)17-15-34-26(7)20-23(4)21-27(34)8/h14-21H,12-13,45H2,1-11H3/b16-14+,17-15+,43-38-. The first-order chi connectivity index (χ1) is 24.0. The SMILES string of the molecule is Bn1c(/C=C/c2c(C)cc(C)cc2C)c(CC)c(C)c1/C(=C1N=C(/C=C/c2c(C)cc(C)cc2C)C(CC)=C\1C)c1c(F)c(C)c(F)c(F)c1F. The van der Waals surface area contributed by atoms with Crippen molar-refractivity contribution >= 4 is 37.5 Å². The second kappa shape index (κ2) is 14.5. The van der Waals surface area contributed by atoms with Crippen molar-refractivity contribution in [3.8, 4) is 0 Å². The van der Waals surface area contributed by atoms with Crippen molar-refractivity contribution in [2.45, 2.75) is 89.0 Å². The topological polar surface area (TPSA) is 17.3 Å². The first-order valence-corrected chi connectivity index (χ1v) is 17.6. The lowest BCUT2D eigenvalue weighted by Crippen LogP contribution is -2.11. The summed E-state index contributed by atoms with van der Waals surface area (Å²) in [5.41, 5.74) is 13.7. The third kappa shape index (κ3) is 6.63. The highest BCUT2D eigenvalue weighted by molar-refractivity contribution is 6.16. The number of allylic oxidation sites excluding steroid dienone is 3. The molecule has 0 fully saturated rings. The van der Waals surface area contributed by atoms with Gasteiger partial charge in [-0.2, -0.15) is 0 Å². The van der Waals surface area contributed by atoms with E-state index in [9.17, 15) is 4.39 Å². The molecule has 1 aliphatic heterocycles. The highest BCUT2D eigenvalue weighted by atomic mass is 19.2. The number of halogens is 4. The second-order valence-corrected chi connectivity index (χ2v) is 14.0. The van der Waals surface area contributed by atoms with Gasteiger partial charge in [-0.05, 0) is 143 Å². The molecule has 7 heteroatoms. The van der Waals surface area contributed by atoms with E-state index in [2.05, 4.69) is 71.9 Å². The molecule has 0 unspecified atom stereocenters. The Labute approximate surface area is 301 Å². The van der Waals surface area contributed by atoms with Gasteiger partial charge in [-0.3, -0.25) is 0 Å². The zero-order chi connectivity index (χ0) is 37.6. The van der Waals surface area contributed by atoms with Gasteiger partial charge in [0.15, 0.2) is 17.5 Å². The zero-order valence-electron chi connectivity index (χ0n) is 31.9. The van der Waals surface area contributed by atoms with Gasteiger partial charge in [-0.15, -0.1) is 0 Å². The summed E-state index contributed by atoms with van der Waals surface area (Å²) in [4.78, 5) is 5.06. The van der Waals surface area contributed by atoms with Crippen LogP contribution in [0.25, 0.3) is 23.8 Å². The predicted molar refractivity (Wildman–Crippen MR) is 209 cm³/mol. The van der Waals surface area contributed by atoms with E-state index in [1.165, 1.54) is 11.1 Å². The van der Waals surface area contributed by atoms with Crippen LogP contribution >= 0.6 is 0 Å². The lowest BCUT2D eigenvalue weighted by Gasteiger charge is -2.19. The fourth-order valence-corrected chi connectivity index (χ4v) is 7.91. The molecule has 1 aromatic heterocycles. The quantitative estimate of drug-likeness (QED) is 0.0758. The van der Waals surface area contributed by atoms with Crippen molar-refractivity contribution in [3.05, 3.63) is 149 Å². The molecule has 0 bridgehead atoms. The number of aliphatic imine (C=N–C) groups is 1. The molecule has 5 rings (SSSR count). The molecule has 51 heavy (non-hydrogen) atoms. The Balaban J connectivity index is 1.86. The average molecular weight is 691 g/mol. The van der Waals surface area contributed by atoms with Crippen LogP contribution in [0.3, 0.4) is 0 Å². The first-order valence-electron chi connectivity index (χ1n) is 17.6. The maximum absolute atomic E-state index is 16.3. The number of aryl methyl sites for hydroxylation is 6. The second-order valence-electron chi connectivity index (χ2n) is 14.0. The minimum atomic E-state index is -1.71. The van der Waals surface area contributed by atoms with Gasteiger partial charge in [-0.25, -0.2) is 22.6 Å². The summed E-state index contributed by atoms with van der Waals surface area (Å²) < 4.78 is 64.4. The smallest absolute Gasteiger partial charge is 0.223 e. The van der Waals surface area contributed by atoms with Crippen LogP contribution in [-0.2, 0) is 6.42 Å². The fraction of sp³-hybridized carbons (Fsp3) is 0.295. The number of nitrogens with zero attached hydrogens (tertiary/aromatic N) is 2. The van der Waals surface area contributed by atoms with Gasteiger partial charge in [0.25, 0.3) is 0 Å². The summed E-state index contributed by atoms with van der Waals surface area (Å²) in [7, 11) is 1.85. The van der Waals surface area contributed by atoms with Crippen molar-refractivity contribution in [1.82, 2.24) is 4.48 Å². The minimum Gasteiger partial charge on any atom is -0.393 e. The lowest BCUT2D eigenvalue weighted by molar-refractivity contribution is 0.426. The summed E-state index contributed by atoms with van der Waals surface area (Å²) in [6.07, 6.45) is 9.31. The average Bonchev–Trinajstić information content (AvgIpc) is 3.50. The van der Waals surface area contributed by atoms with Crippen LogP contribution < -0.4 is 0 Å². The van der Waals surface area contributed by atoms with Crippen molar-refractivity contribution in [2.24, 2.45) is 4.99 Å². The molecule has 264 valence electrons. The number of hydrogen-bond donors (Lipinski definition) is 0. The Bertz CT molecular complexity index is 2180. The fourth-order valence-electron chi connectivity index (χ4n) is 7.91. The summed E-state index contributed by atoms with van der Waals surface area (Å²) in [5, 5.41) is 0. The van der Waals surface area contributed by atoms with Crippen molar-refractivity contribution in [1.29, 1.82) is 0 Å². The Hall–Kier alpha value is -4.65. The molecule has 0 saturated heterocycles. The zero-order valence-corrected chi connectivity index (χ0v) is 31.9. The molecule has 0 saturated carbocycles. The van der Waals surface area contributed by atoms with E-state index in [-0.39, 0.29) is 5.57 Å². The lowest BCUT2D eigenvalue weighted by atomic mass is 9.90. The van der Waals surface area contributed by atoms with Crippen LogP contribution in [0.5, 0.6) is 0 Å². The largest absolute Gasteiger partial charge is 0.393 e. The van der Waals surface area contributed by atoms with E-state index in [0.717, 1.165) is 68.3 Å². The Morgan fingerprint density at radius 1 is 0.647 bits per heavy atom. The van der Waals surface area contributed by atoms with E-state index in [1.807, 2.05) is 58.4 Å². The molecule has 0 aliphatic carbocycles. The third-order valence-electron chi connectivity index (χ3n) is 10.4. The molecule has 0 spiro atoms. The maximum atomic E-state index is 16.3. The molecule has 1 aliphatic rings. The molecule has 0 N–H and O–H groups in total. The van der Waals surface area contributed by atoms with Gasteiger partial charge in [0.1, 0.15) is 5.82 Å². The molecule has 2 nitrogen and oxygen atoms in total. The summed E-state index contributed by atoms with van der Waals surface area (Å²) in [6.45, 7) is 21.4. The summed E-state index contributed by atoms with van der Waals surface area (Å²) in [6, 6.07) is 8.53. The molecule has 2 heterocycles. The van der Waals surface area contributed by atoms with Gasteiger partial charge in [0, 0.05) is 22.5 Å². The molecule has 0 radical (unpaired) electrons. The molecular weight excluding hydrogens is 643 g/mol.